The van der Waals surface area contributed by atoms with Crippen molar-refractivity contribution in [2.75, 3.05) is 13.1 Å². The predicted molar refractivity (Wildman–Crippen MR) is 117 cm³/mol. The van der Waals surface area contributed by atoms with Crippen LogP contribution in [-0.4, -0.2) is 31.7 Å². The van der Waals surface area contributed by atoms with E-state index >= 15 is 0 Å². The molecule has 0 unspecified atom stereocenters. The summed E-state index contributed by atoms with van der Waals surface area (Å²) in [4.78, 5) is 12.4. The molecule has 162 valence electrons. The average Bonchev–Trinajstić information content (AvgIpc) is 3.27. The van der Waals surface area contributed by atoms with Crippen LogP contribution in [-0.2, 0) is 27.8 Å². The van der Waals surface area contributed by atoms with Crippen molar-refractivity contribution < 1.29 is 22.0 Å². The van der Waals surface area contributed by atoms with Gasteiger partial charge >= 0.3 is 0 Å². The molecule has 3 rings (SSSR count). The molecule has 0 spiro atoms. The van der Waals surface area contributed by atoms with Crippen LogP contribution >= 0.6 is 0 Å². The zero-order valence-corrected chi connectivity index (χ0v) is 17.6. The van der Waals surface area contributed by atoms with Crippen molar-refractivity contribution in [1.29, 1.82) is 0 Å². The Kier molecular flexibility index (Phi) is 7.75. The van der Waals surface area contributed by atoms with Gasteiger partial charge in [0.15, 0.2) is 0 Å². The molecule has 0 radical (unpaired) electrons. The number of furan rings is 1. The average molecular weight is 443 g/mol. The van der Waals surface area contributed by atoms with E-state index in [9.17, 15) is 17.6 Å². The summed E-state index contributed by atoms with van der Waals surface area (Å²) in [6.07, 6.45) is 3.43. The minimum Gasteiger partial charge on any atom is -0.468 e. The van der Waals surface area contributed by atoms with Gasteiger partial charge in [-0.2, -0.15) is 4.31 Å². The van der Waals surface area contributed by atoms with E-state index < -0.39 is 15.9 Å². The van der Waals surface area contributed by atoms with Crippen molar-refractivity contribution in [2.45, 2.75) is 13.0 Å². The SMILES string of the molecule is O=C(CN(Cc1ccco1)S(=O)(=O)C=Cc1ccccc1)NCCc1ccc(F)cc1. The van der Waals surface area contributed by atoms with Crippen LogP contribution in [0, 0.1) is 5.82 Å². The summed E-state index contributed by atoms with van der Waals surface area (Å²) in [5.41, 5.74) is 1.60. The van der Waals surface area contributed by atoms with Crippen LogP contribution in [0.1, 0.15) is 16.9 Å². The predicted octanol–water partition coefficient (Wildman–Crippen LogP) is 3.58. The molecule has 1 aromatic heterocycles. The van der Waals surface area contributed by atoms with Crippen molar-refractivity contribution in [1.82, 2.24) is 9.62 Å². The third-order valence-corrected chi connectivity index (χ3v) is 5.93. The Labute approximate surface area is 181 Å². The molecule has 3 aromatic rings. The molecule has 0 saturated heterocycles. The highest BCUT2D eigenvalue weighted by atomic mass is 32.2. The largest absolute Gasteiger partial charge is 0.468 e. The molecule has 8 heteroatoms. The Bertz CT molecular complexity index is 1100. The second-order valence-corrected chi connectivity index (χ2v) is 8.65. The Morgan fingerprint density at radius 3 is 2.45 bits per heavy atom. The highest BCUT2D eigenvalue weighted by molar-refractivity contribution is 7.92. The number of nitrogens with zero attached hydrogens (tertiary/aromatic N) is 1. The lowest BCUT2D eigenvalue weighted by Crippen LogP contribution is -2.40. The molecule has 31 heavy (non-hydrogen) atoms. The third kappa shape index (κ3) is 7.20. The van der Waals surface area contributed by atoms with Gasteiger partial charge in [-0.25, -0.2) is 12.8 Å². The molecule has 1 heterocycles. The summed E-state index contributed by atoms with van der Waals surface area (Å²) in [7, 11) is -3.88. The fourth-order valence-electron chi connectivity index (χ4n) is 2.84. The lowest BCUT2D eigenvalue weighted by molar-refractivity contribution is -0.121. The number of carbonyl (C=O) groups excluding carboxylic acids is 1. The Hall–Kier alpha value is -3.23. The minimum absolute atomic E-state index is 0.0696. The summed E-state index contributed by atoms with van der Waals surface area (Å²) < 4.78 is 45.0. The molecule has 1 amide bonds. The Morgan fingerprint density at radius 2 is 1.77 bits per heavy atom. The van der Waals surface area contributed by atoms with E-state index in [0.717, 1.165) is 20.8 Å². The Morgan fingerprint density at radius 1 is 1.03 bits per heavy atom. The normalized spacial score (nSPS) is 11.8. The van der Waals surface area contributed by atoms with Gasteiger partial charge in [-0.05, 0) is 47.9 Å². The number of amides is 1. The van der Waals surface area contributed by atoms with Crippen molar-refractivity contribution >= 4 is 22.0 Å². The van der Waals surface area contributed by atoms with Gasteiger partial charge < -0.3 is 9.73 Å². The first-order chi connectivity index (χ1) is 14.9. The van der Waals surface area contributed by atoms with E-state index in [-0.39, 0.29) is 18.9 Å². The van der Waals surface area contributed by atoms with E-state index in [1.54, 1.807) is 36.4 Å². The zero-order chi connectivity index (χ0) is 22.1. The minimum atomic E-state index is -3.88. The quantitative estimate of drug-likeness (QED) is 0.521. The van der Waals surface area contributed by atoms with Gasteiger partial charge in [-0.1, -0.05) is 42.5 Å². The Balaban J connectivity index is 1.64. The molecule has 2 aromatic carbocycles. The lowest BCUT2D eigenvalue weighted by Gasteiger charge is -2.19. The molecule has 0 saturated carbocycles. The molecule has 1 N–H and O–H groups in total. The topological polar surface area (TPSA) is 79.6 Å². The van der Waals surface area contributed by atoms with E-state index in [4.69, 9.17) is 4.42 Å². The number of hydrogen-bond acceptors (Lipinski definition) is 4. The number of halogens is 1. The van der Waals surface area contributed by atoms with Crippen molar-refractivity contribution in [2.24, 2.45) is 0 Å². The van der Waals surface area contributed by atoms with Gasteiger partial charge in [0.1, 0.15) is 11.6 Å². The highest BCUT2D eigenvalue weighted by Crippen LogP contribution is 2.13. The number of sulfonamides is 1. The number of rotatable bonds is 10. The zero-order valence-electron chi connectivity index (χ0n) is 16.8. The van der Waals surface area contributed by atoms with Crippen molar-refractivity contribution in [3.8, 4) is 0 Å². The third-order valence-electron chi connectivity index (χ3n) is 4.47. The van der Waals surface area contributed by atoms with Gasteiger partial charge in [0, 0.05) is 12.0 Å². The van der Waals surface area contributed by atoms with Gasteiger partial charge in [0.05, 0.1) is 19.4 Å². The van der Waals surface area contributed by atoms with Crippen LogP contribution < -0.4 is 5.32 Å². The monoisotopic (exact) mass is 442 g/mol. The molecule has 0 atom stereocenters. The van der Waals surface area contributed by atoms with Gasteiger partial charge in [0.25, 0.3) is 0 Å². The fraction of sp³-hybridized carbons (Fsp3) is 0.174. The van der Waals surface area contributed by atoms with E-state index in [2.05, 4.69) is 5.32 Å². The van der Waals surface area contributed by atoms with Crippen LogP contribution in [0.25, 0.3) is 6.08 Å². The fourth-order valence-corrected chi connectivity index (χ4v) is 3.95. The van der Waals surface area contributed by atoms with Gasteiger partial charge in [0.2, 0.25) is 15.9 Å². The maximum Gasteiger partial charge on any atom is 0.237 e. The van der Waals surface area contributed by atoms with Crippen LogP contribution in [0.3, 0.4) is 0 Å². The van der Waals surface area contributed by atoms with Crippen molar-refractivity contribution in [3.63, 3.8) is 0 Å². The molecule has 0 aliphatic rings. The molecular formula is C23H23FN2O4S. The van der Waals surface area contributed by atoms with Crippen LogP contribution in [0.15, 0.2) is 82.8 Å². The van der Waals surface area contributed by atoms with E-state index in [1.807, 2.05) is 18.2 Å². The summed E-state index contributed by atoms with van der Waals surface area (Å²) in [5.74, 6) is -0.337. The van der Waals surface area contributed by atoms with Gasteiger partial charge in [-0.3, -0.25) is 4.79 Å². The summed E-state index contributed by atoms with van der Waals surface area (Å²) in [6.45, 7) is -0.121. The molecular weight excluding hydrogens is 419 g/mol. The van der Waals surface area contributed by atoms with Gasteiger partial charge in [-0.15, -0.1) is 0 Å². The molecule has 0 bridgehead atoms. The standard InChI is InChI=1S/C23H23FN2O4S/c24-21-10-8-20(9-11-21)12-14-25-23(27)18-26(17-22-7-4-15-30-22)31(28,29)16-13-19-5-2-1-3-6-19/h1-11,13,15-16H,12,14,17-18H2,(H,25,27). The number of nitrogens with one attached hydrogen (secondary N) is 1. The first kappa shape index (κ1) is 22.5. The highest BCUT2D eigenvalue weighted by Gasteiger charge is 2.23. The second-order valence-electron chi connectivity index (χ2n) is 6.83. The number of benzene rings is 2. The molecule has 0 aliphatic heterocycles. The van der Waals surface area contributed by atoms with E-state index in [1.165, 1.54) is 24.5 Å². The van der Waals surface area contributed by atoms with Crippen LogP contribution in [0.4, 0.5) is 4.39 Å². The summed E-state index contributed by atoms with van der Waals surface area (Å²) >= 11 is 0. The molecule has 6 nitrogen and oxygen atoms in total. The first-order valence-corrected chi connectivity index (χ1v) is 11.2. The number of carbonyl (C=O) groups is 1. The second kappa shape index (κ2) is 10.7. The van der Waals surface area contributed by atoms with E-state index in [0.29, 0.717) is 18.7 Å². The maximum absolute atomic E-state index is 13.0. The van der Waals surface area contributed by atoms with Crippen LogP contribution in [0.5, 0.6) is 0 Å². The number of hydrogen-bond donors (Lipinski definition) is 1. The first-order valence-electron chi connectivity index (χ1n) is 9.69. The molecule has 0 fully saturated rings. The smallest absolute Gasteiger partial charge is 0.237 e. The lowest BCUT2D eigenvalue weighted by atomic mass is 10.1. The molecule has 0 aliphatic carbocycles. The summed E-state index contributed by atoms with van der Waals surface area (Å²) in [5, 5.41) is 3.79. The maximum atomic E-state index is 13.0. The van der Waals surface area contributed by atoms with Crippen molar-refractivity contribution in [3.05, 3.63) is 101 Å². The summed E-state index contributed by atoms with van der Waals surface area (Å²) in [6, 6.07) is 18.3. The van der Waals surface area contributed by atoms with Crippen LogP contribution in [0.2, 0.25) is 0 Å².